The molecule has 27 heavy (non-hydrogen) atoms. The van der Waals surface area contributed by atoms with Crippen LogP contribution in [0.15, 0.2) is 60.7 Å². The maximum absolute atomic E-state index is 9.10. The van der Waals surface area contributed by atoms with Gasteiger partial charge in [0.1, 0.15) is 29.8 Å². The Labute approximate surface area is 155 Å². The average Bonchev–Trinajstić information content (AvgIpc) is 3.33. The van der Waals surface area contributed by atoms with Crippen molar-refractivity contribution in [2.45, 2.75) is 6.61 Å². The minimum atomic E-state index is 0.254. The van der Waals surface area contributed by atoms with E-state index in [1.165, 1.54) is 0 Å². The number of nitrogens with zero attached hydrogens (tertiary/aromatic N) is 5. The van der Waals surface area contributed by atoms with E-state index in [9.17, 15) is 0 Å². The summed E-state index contributed by atoms with van der Waals surface area (Å²) in [7, 11) is 1.92. The number of H-pyrrole nitrogens is 1. The highest BCUT2D eigenvalue weighted by Gasteiger charge is 2.11. The van der Waals surface area contributed by atoms with E-state index < -0.39 is 0 Å². The molecule has 0 aliphatic rings. The number of nitriles is 1. The summed E-state index contributed by atoms with van der Waals surface area (Å²) in [5, 5.41) is 24.0. The molecule has 0 saturated carbocycles. The summed E-state index contributed by atoms with van der Waals surface area (Å²) in [5.41, 5.74) is 4.50. The molecule has 0 aliphatic carbocycles. The van der Waals surface area contributed by atoms with Crippen LogP contribution in [0.25, 0.3) is 22.5 Å². The molecule has 0 bridgehead atoms. The summed E-state index contributed by atoms with van der Waals surface area (Å²) in [6.45, 7) is 0.341. The number of rotatable bonds is 5. The summed E-state index contributed by atoms with van der Waals surface area (Å²) >= 11 is 0. The van der Waals surface area contributed by atoms with Crippen LogP contribution in [0.2, 0.25) is 0 Å². The molecule has 0 radical (unpaired) electrons. The zero-order valence-corrected chi connectivity index (χ0v) is 14.6. The first-order valence-corrected chi connectivity index (χ1v) is 8.37. The van der Waals surface area contributed by atoms with Gasteiger partial charge < -0.3 is 4.74 Å². The highest BCUT2D eigenvalue weighted by molar-refractivity contribution is 5.65. The lowest BCUT2D eigenvalue weighted by Gasteiger charge is -2.05. The first kappa shape index (κ1) is 16.5. The molecule has 2 aromatic carbocycles. The number of ether oxygens (including phenoxy) is 1. The number of aryl methyl sites for hydroxylation is 1. The van der Waals surface area contributed by atoms with Gasteiger partial charge in [0.15, 0.2) is 5.69 Å². The van der Waals surface area contributed by atoms with E-state index in [-0.39, 0.29) is 5.69 Å². The second-order valence-corrected chi connectivity index (χ2v) is 5.96. The monoisotopic (exact) mass is 356 g/mol. The van der Waals surface area contributed by atoms with Crippen LogP contribution < -0.4 is 4.74 Å². The van der Waals surface area contributed by atoms with Gasteiger partial charge in [0, 0.05) is 12.6 Å². The topological polar surface area (TPSA) is 92.4 Å². The van der Waals surface area contributed by atoms with Crippen molar-refractivity contribution in [3.05, 3.63) is 72.1 Å². The fourth-order valence-electron chi connectivity index (χ4n) is 2.88. The molecule has 4 rings (SSSR count). The van der Waals surface area contributed by atoms with Crippen molar-refractivity contribution in [1.29, 1.82) is 5.26 Å². The predicted octanol–water partition coefficient (Wildman–Crippen LogP) is 3.32. The number of aromatic nitrogens is 5. The maximum Gasteiger partial charge on any atom is 0.190 e. The Kier molecular flexibility index (Phi) is 4.37. The normalized spacial score (nSPS) is 10.5. The molecule has 0 saturated heterocycles. The first-order valence-electron chi connectivity index (χ1n) is 8.37. The molecule has 132 valence electrons. The van der Waals surface area contributed by atoms with Crippen molar-refractivity contribution in [3.63, 3.8) is 0 Å². The van der Waals surface area contributed by atoms with Crippen LogP contribution in [0.4, 0.5) is 0 Å². The van der Waals surface area contributed by atoms with Gasteiger partial charge in [0.05, 0.1) is 5.69 Å². The molecule has 0 spiro atoms. The third kappa shape index (κ3) is 3.41. The number of nitrogens with one attached hydrogen (secondary N) is 1. The number of benzene rings is 2. The lowest BCUT2D eigenvalue weighted by atomic mass is 10.1. The largest absolute Gasteiger partial charge is 0.487 e. The van der Waals surface area contributed by atoms with Crippen molar-refractivity contribution in [2.75, 3.05) is 0 Å². The smallest absolute Gasteiger partial charge is 0.190 e. The van der Waals surface area contributed by atoms with Gasteiger partial charge in [-0.15, -0.1) is 5.10 Å². The molecule has 1 N–H and O–H groups in total. The van der Waals surface area contributed by atoms with E-state index in [1.807, 2.05) is 66.3 Å². The fourth-order valence-corrected chi connectivity index (χ4v) is 2.88. The number of hydrogen-bond donors (Lipinski definition) is 1. The van der Waals surface area contributed by atoms with Crippen LogP contribution in [0.1, 0.15) is 11.4 Å². The molecule has 0 fully saturated rings. The van der Waals surface area contributed by atoms with E-state index >= 15 is 0 Å². The van der Waals surface area contributed by atoms with Crippen molar-refractivity contribution in [3.8, 4) is 34.3 Å². The second kappa shape index (κ2) is 7.14. The lowest BCUT2D eigenvalue weighted by molar-refractivity contribution is 0.300. The van der Waals surface area contributed by atoms with Crippen molar-refractivity contribution in [2.24, 2.45) is 7.05 Å². The van der Waals surface area contributed by atoms with E-state index in [4.69, 9.17) is 10.00 Å². The minimum Gasteiger partial charge on any atom is -0.487 e. The van der Waals surface area contributed by atoms with Crippen LogP contribution in [0, 0.1) is 11.3 Å². The molecule has 2 aromatic heterocycles. The Hall–Kier alpha value is -3.92. The highest BCUT2D eigenvalue weighted by atomic mass is 16.5. The molecular formula is C20H16N6O. The number of hydrogen-bond acceptors (Lipinski definition) is 5. The summed E-state index contributed by atoms with van der Waals surface area (Å²) < 4.78 is 7.74. The van der Waals surface area contributed by atoms with Crippen LogP contribution in [-0.2, 0) is 13.7 Å². The summed E-state index contributed by atoms with van der Waals surface area (Å²) in [5.74, 6) is 0.673. The Morgan fingerprint density at radius 1 is 1.04 bits per heavy atom. The molecule has 2 heterocycles. The number of aromatic amines is 1. The first-order chi connectivity index (χ1) is 13.2. The third-order valence-electron chi connectivity index (χ3n) is 4.15. The van der Waals surface area contributed by atoms with E-state index in [0.717, 1.165) is 22.5 Å². The van der Waals surface area contributed by atoms with Crippen molar-refractivity contribution in [1.82, 2.24) is 25.2 Å². The average molecular weight is 356 g/mol. The minimum absolute atomic E-state index is 0.254. The zero-order valence-electron chi connectivity index (χ0n) is 14.6. The molecule has 7 nitrogen and oxygen atoms in total. The zero-order chi connectivity index (χ0) is 18.6. The molecule has 0 atom stereocenters. The SMILES string of the molecule is Cn1nc(COc2cccc(-c3n[nH]nc3C#N)c2)cc1-c1ccccc1. The van der Waals surface area contributed by atoms with Crippen molar-refractivity contribution >= 4 is 0 Å². The molecule has 0 amide bonds. The van der Waals surface area contributed by atoms with Gasteiger partial charge in [-0.2, -0.15) is 20.7 Å². The summed E-state index contributed by atoms with van der Waals surface area (Å²) in [6.07, 6.45) is 0. The van der Waals surface area contributed by atoms with Crippen LogP contribution in [-0.4, -0.2) is 25.2 Å². The van der Waals surface area contributed by atoms with Gasteiger partial charge in [-0.25, -0.2) is 0 Å². The second-order valence-electron chi connectivity index (χ2n) is 5.96. The van der Waals surface area contributed by atoms with Crippen LogP contribution in [0.3, 0.4) is 0 Å². The summed E-state index contributed by atoms with van der Waals surface area (Å²) in [4.78, 5) is 0. The van der Waals surface area contributed by atoms with Gasteiger partial charge in [-0.1, -0.05) is 42.5 Å². The van der Waals surface area contributed by atoms with E-state index in [2.05, 4.69) is 32.6 Å². The van der Waals surface area contributed by atoms with Crippen molar-refractivity contribution < 1.29 is 4.74 Å². The molecular weight excluding hydrogens is 340 g/mol. The Balaban J connectivity index is 1.52. The summed E-state index contributed by atoms with van der Waals surface area (Å²) in [6, 6.07) is 21.5. The van der Waals surface area contributed by atoms with E-state index in [1.54, 1.807) is 0 Å². The van der Waals surface area contributed by atoms with Gasteiger partial charge in [0.2, 0.25) is 0 Å². The molecule has 4 aromatic rings. The quantitative estimate of drug-likeness (QED) is 0.592. The van der Waals surface area contributed by atoms with Crippen LogP contribution >= 0.6 is 0 Å². The molecule has 0 unspecified atom stereocenters. The fraction of sp³-hybridized carbons (Fsp3) is 0.100. The lowest BCUT2D eigenvalue weighted by Crippen LogP contribution is -1.98. The predicted molar refractivity (Wildman–Crippen MR) is 99.5 cm³/mol. The van der Waals surface area contributed by atoms with Crippen LogP contribution in [0.5, 0.6) is 5.75 Å². The Morgan fingerprint density at radius 3 is 2.67 bits per heavy atom. The Bertz CT molecular complexity index is 1110. The molecule has 7 heteroatoms. The highest BCUT2D eigenvalue weighted by Crippen LogP contribution is 2.25. The Morgan fingerprint density at radius 2 is 1.85 bits per heavy atom. The van der Waals surface area contributed by atoms with Gasteiger partial charge in [-0.3, -0.25) is 4.68 Å². The third-order valence-corrected chi connectivity index (χ3v) is 4.15. The standard InChI is InChI=1S/C20H16N6O/c1-26-19(14-6-3-2-4-7-14)11-16(24-26)13-27-17-9-5-8-15(10-17)20-18(12-21)22-25-23-20/h2-11H,13H2,1H3,(H,22,23,25). The van der Waals surface area contributed by atoms with Gasteiger partial charge in [0.25, 0.3) is 0 Å². The van der Waals surface area contributed by atoms with Gasteiger partial charge in [-0.05, 0) is 23.8 Å². The van der Waals surface area contributed by atoms with E-state index in [0.29, 0.717) is 18.1 Å². The van der Waals surface area contributed by atoms with Gasteiger partial charge >= 0.3 is 0 Å². The molecule has 0 aliphatic heterocycles. The maximum atomic E-state index is 9.10.